The van der Waals surface area contributed by atoms with E-state index in [0.29, 0.717) is 13.0 Å². The Morgan fingerprint density at radius 1 is 1.44 bits per heavy atom. The molecular formula is C13H18FNO3. The first-order valence-corrected chi connectivity index (χ1v) is 5.85. The highest BCUT2D eigenvalue weighted by Gasteiger charge is 2.13. The van der Waals surface area contributed by atoms with Crippen LogP contribution in [0, 0.1) is 11.7 Å². The molecule has 1 aromatic carbocycles. The van der Waals surface area contributed by atoms with Gasteiger partial charge in [-0.3, -0.25) is 4.79 Å². The van der Waals surface area contributed by atoms with Crippen LogP contribution in [0.2, 0.25) is 0 Å². The largest absolute Gasteiger partial charge is 0.507 e. The highest BCUT2D eigenvalue weighted by atomic mass is 19.1. The molecule has 100 valence electrons. The summed E-state index contributed by atoms with van der Waals surface area (Å²) < 4.78 is 13.0. The molecule has 0 saturated carbocycles. The number of aliphatic hydroxyl groups excluding tert-OH is 1. The highest BCUT2D eigenvalue weighted by molar-refractivity contribution is 5.96. The lowest BCUT2D eigenvalue weighted by molar-refractivity contribution is 0.0936. The van der Waals surface area contributed by atoms with Crippen molar-refractivity contribution >= 4 is 5.91 Å². The minimum absolute atomic E-state index is 0.0840. The lowest BCUT2D eigenvalue weighted by Crippen LogP contribution is -2.29. The van der Waals surface area contributed by atoms with Crippen LogP contribution in [0.5, 0.6) is 5.75 Å². The van der Waals surface area contributed by atoms with E-state index in [1.165, 1.54) is 0 Å². The molecule has 0 bridgehead atoms. The van der Waals surface area contributed by atoms with Crippen molar-refractivity contribution in [3.05, 3.63) is 29.6 Å². The van der Waals surface area contributed by atoms with Crippen molar-refractivity contribution in [2.24, 2.45) is 5.92 Å². The summed E-state index contributed by atoms with van der Waals surface area (Å²) in [5.74, 6) is -1.25. The Hall–Kier alpha value is -1.62. The van der Waals surface area contributed by atoms with Crippen LogP contribution in [0.25, 0.3) is 0 Å². The minimum atomic E-state index is -0.574. The Morgan fingerprint density at radius 2 is 2.11 bits per heavy atom. The second-order valence-corrected chi connectivity index (χ2v) is 4.56. The second kappa shape index (κ2) is 6.35. The third kappa shape index (κ3) is 4.33. The van der Waals surface area contributed by atoms with E-state index in [9.17, 15) is 19.4 Å². The quantitative estimate of drug-likeness (QED) is 0.749. The molecule has 1 rings (SSSR count). The summed E-state index contributed by atoms with van der Waals surface area (Å²) in [6.07, 6.45) is 0.134. The molecule has 0 aliphatic rings. The first-order valence-electron chi connectivity index (χ1n) is 5.85. The van der Waals surface area contributed by atoms with E-state index in [2.05, 4.69) is 5.32 Å². The molecule has 5 heteroatoms. The third-order valence-corrected chi connectivity index (χ3v) is 2.56. The average molecular weight is 255 g/mol. The molecule has 1 amide bonds. The molecule has 1 aromatic rings. The minimum Gasteiger partial charge on any atom is -0.507 e. The zero-order valence-electron chi connectivity index (χ0n) is 10.5. The number of benzene rings is 1. The zero-order chi connectivity index (χ0) is 13.7. The molecule has 0 saturated heterocycles. The van der Waals surface area contributed by atoms with Crippen LogP contribution in [-0.2, 0) is 0 Å². The summed E-state index contributed by atoms with van der Waals surface area (Å²) in [4.78, 5) is 11.7. The maximum Gasteiger partial charge on any atom is 0.255 e. The first-order chi connectivity index (χ1) is 8.40. The van der Waals surface area contributed by atoms with Gasteiger partial charge in [0.15, 0.2) is 0 Å². The number of amides is 1. The third-order valence-electron chi connectivity index (χ3n) is 2.56. The number of aliphatic hydroxyl groups is 1. The lowest BCUT2D eigenvalue weighted by Gasteiger charge is -2.14. The molecule has 0 aliphatic carbocycles. The number of phenols is 1. The Labute approximate surface area is 105 Å². The van der Waals surface area contributed by atoms with Crippen molar-refractivity contribution in [1.82, 2.24) is 5.32 Å². The molecule has 2 atom stereocenters. The van der Waals surface area contributed by atoms with Crippen LogP contribution >= 0.6 is 0 Å². The first kappa shape index (κ1) is 14.4. The number of carbonyl (C=O) groups is 1. The van der Waals surface area contributed by atoms with Crippen LogP contribution in [0.3, 0.4) is 0 Å². The van der Waals surface area contributed by atoms with Crippen LogP contribution in [0.4, 0.5) is 4.39 Å². The predicted molar refractivity (Wildman–Crippen MR) is 65.9 cm³/mol. The molecule has 0 radical (unpaired) electrons. The Kier molecular flexibility index (Phi) is 5.09. The van der Waals surface area contributed by atoms with E-state index in [4.69, 9.17) is 0 Å². The molecule has 0 heterocycles. The SMILES string of the molecule is CC(O)CC(C)CNC(=O)c1cc(F)ccc1O. The second-order valence-electron chi connectivity index (χ2n) is 4.56. The van der Waals surface area contributed by atoms with Crippen molar-refractivity contribution in [3.63, 3.8) is 0 Å². The van der Waals surface area contributed by atoms with E-state index in [1.807, 2.05) is 6.92 Å². The molecule has 0 aromatic heterocycles. The highest BCUT2D eigenvalue weighted by Crippen LogP contribution is 2.17. The van der Waals surface area contributed by atoms with Gasteiger partial charge in [0.1, 0.15) is 11.6 Å². The fraction of sp³-hybridized carbons (Fsp3) is 0.462. The van der Waals surface area contributed by atoms with Gasteiger partial charge in [0.25, 0.3) is 5.91 Å². The number of hydrogen-bond donors (Lipinski definition) is 3. The van der Waals surface area contributed by atoms with E-state index in [-0.39, 0.29) is 17.2 Å². The summed E-state index contributed by atoms with van der Waals surface area (Å²) in [6.45, 7) is 3.93. The number of carbonyl (C=O) groups excluding carboxylic acids is 1. The average Bonchev–Trinajstić information content (AvgIpc) is 2.28. The van der Waals surface area contributed by atoms with Gasteiger partial charge in [-0.05, 0) is 37.5 Å². The van der Waals surface area contributed by atoms with Crippen molar-refractivity contribution in [2.75, 3.05) is 6.54 Å². The van der Waals surface area contributed by atoms with E-state index < -0.39 is 17.8 Å². The number of nitrogens with one attached hydrogen (secondary N) is 1. The van der Waals surface area contributed by atoms with Crippen molar-refractivity contribution in [3.8, 4) is 5.75 Å². The summed E-state index contributed by atoms with van der Waals surface area (Å²) in [6, 6.07) is 3.22. The summed E-state index contributed by atoms with van der Waals surface area (Å²) in [7, 11) is 0. The molecule has 0 fully saturated rings. The predicted octanol–water partition coefficient (Wildman–Crippen LogP) is 1.67. The van der Waals surface area contributed by atoms with Gasteiger partial charge in [-0.2, -0.15) is 0 Å². The fourth-order valence-electron chi connectivity index (χ4n) is 1.72. The van der Waals surface area contributed by atoms with Gasteiger partial charge in [-0.15, -0.1) is 0 Å². The van der Waals surface area contributed by atoms with Crippen molar-refractivity contribution in [1.29, 1.82) is 0 Å². The van der Waals surface area contributed by atoms with Crippen LogP contribution in [0.15, 0.2) is 18.2 Å². The van der Waals surface area contributed by atoms with Crippen molar-refractivity contribution < 1.29 is 19.4 Å². The number of halogens is 1. The maximum atomic E-state index is 13.0. The smallest absolute Gasteiger partial charge is 0.255 e. The fourth-order valence-corrected chi connectivity index (χ4v) is 1.72. The van der Waals surface area contributed by atoms with Crippen LogP contribution in [-0.4, -0.2) is 28.8 Å². The monoisotopic (exact) mass is 255 g/mol. The van der Waals surface area contributed by atoms with E-state index in [1.54, 1.807) is 6.92 Å². The molecule has 2 unspecified atom stereocenters. The van der Waals surface area contributed by atoms with E-state index in [0.717, 1.165) is 18.2 Å². The number of rotatable bonds is 5. The Morgan fingerprint density at radius 3 is 2.72 bits per heavy atom. The van der Waals surface area contributed by atoms with Gasteiger partial charge in [0.05, 0.1) is 11.7 Å². The van der Waals surface area contributed by atoms with E-state index >= 15 is 0 Å². The van der Waals surface area contributed by atoms with Crippen LogP contribution in [0.1, 0.15) is 30.6 Å². The topological polar surface area (TPSA) is 69.6 Å². The normalized spacial score (nSPS) is 14.0. The van der Waals surface area contributed by atoms with Crippen LogP contribution < -0.4 is 5.32 Å². The molecule has 4 nitrogen and oxygen atoms in total. The number of phenolic OH excluding ortho intramolecular Hbond substituents is 1. The van der Waals surface area contributed by atoms with Gasteiger partial charge in [-0.25, -0.2) is 4.39 Å². The maximum absolute atomic E-state index is 13.0. The summed E-state index contributed by atoms with van der Waals surface area (Å²) in [5, 5.41) is 21.2. The molecule has 0 spiro atoms. The number of hydrogen-bond acceptors (Lipinski definition) is 3. The summed E-state index contributed by atoms with van der Waals surface area (Å²) in [5.41, 5.74) is -0.0840. The molecule has 18 heavy (non-hydrogen) atoms. The van der Waals surface area contributed by atoms with Crippen molar-refractivity contribution in [2.45, 2.75) is 26.4 Å². The van der Waals surface area contributed by atoms with Gasteiger partial charge < -0.3 is 15.5 Å². The lowest BCUT2D eigenvalue weighted by atomic mass is 10.0. The summed E-state index contributed by atoms with van der Waals surface area (Å²) >= 11 is 0. The number of aromatic hydroxyl groups is 1. The van der Waals surface area contributed by atoms with Gasteiger partial charge >= 0.3 is 0 Å². The molecular weight excluding hydrogens is 237 g/mol. The standard InChI is InChI=1S/C13H18FNO3/c1-8(5-9(2)16)7-15-13(18)11-6-10(14)3-4-12(11)17/h3-4,6,8-9,16-17H,5,7H2,1-2H3,(H,15,18). The van der Waals surface area contributed by atoms with Gasteiger partial charge in [-0.1, -0.05) is 6.92 Å². The van der Waals surface area contributed by atoms with Gasteiger partial charge in [0.2, 0.25) is 0 Å². The van der Waals surface area contributed by atoms with Gasteiger partial charge in [0, 0.05) is 6.54 Å². The molecule has 0 aliphatic heterocycles. The zero-order valence-corrected chi connectivity index (χ0v) is 10.5. The Bertz CT molecular complexity index is 421. The Balaban J connectivity index is 2.58. The molecule has 3 N–H and O–H groups in total.